The zero-order chi connectivity index (χ0) is 21.4. The highest BCUT2D eigenvalue weighted by Gasteiger charge is 2.12. The first-order valence-electron chi connectivity index (χ1n) is 8.86. The lowest BCUT2D eigenvalue weighted by Crippen LogP contribution is -2.30. The molecule has 0 bridgehead atoms. The van der Waals surface area contributed by atoms with Crippen LogP contribution in [0.25, 0.3) is 0 Å². The lowest BCUT2D eigenvalue weighted by atomic mass is 10.1. The second kappa shape index (κ2) is 10.0. The van der Waals surface area contributed by atoms with Crippen LogP contribution in [0, 0.1) is 6.92 Å². The largest absolute Gasteiger partial charge is 0.496 e. The van der Waals surface area contributed by atoms with E-state index in [1.807, 2.05) is 19.1 Å². The maximum absolute atomic E-state index is 12.0. The van der Waals surface area contributed by atoms with Crippen molar-refractivity contribution in [1.29, 1.82) is 0 Å². The van der Waals surface area contributed by atoms with Gasteiger partial charge in [-0.2, -0.15) is 0 Å². The van der Waals surface area contributed by atoms with Crippen molar-refractivity contribution in [2.24, 2.45) is 5.14 Å². The van der Waals surface area contributed by atoms with Gasteiger partial charge in [0.25, 0.3) is 5.91 Å². The molecule has 0 unspecified atom stereocenters. The van der Waals surface area contributed by atoms with Crippen molar-refractivity contribution >= 4 is 21.9 Å². The van der Waals surface area contributed by atoms with Gasteiger partial charge in [0.2, 0.25) is 10.0 Å². The lowest BCUT2D eigenvalue weighted by molar-refractivity contribution is -0.147. The number of carbonyl (C=O) groups is 2. The van der Waals surface area contributed by atoms with Crippen molar-refractivity contribution in [3.8, 4) is 5.75 Å². The molecule has 0 aliphatic carbocycles. The number of methoxy groups -OCH3 is 1. The summed E-state index contributed by atoms with van der Waals surface area (Å²) in [6.45, 7) is 1.85. The number of benzene rings is 2. The van der Waals surface area contributed by atoms with Crippen LogP contribution in [-0.4, -0.2) is 40.6 Å². The smallest absolute Gasteiger partial charge is 0.310 e. The molecular formula is C20H24N2O6S. The molecule has 0 heterocycles. The first-order valence-corrected chi connectivity index (χ1v) is 10.4. The number of rotatable bonds is 9. The van der Waals surface area contributed by atoms with Crippen LogP contribution >= 0.6 is 0 Å². The third kappa shape index (κ3) is 7.20. The number of nitrogens with two attached hydrogens (primary N) is 1. The van der Waals surface area contributed by atoms with E-state index in [0.29, 0.717) is 24.3 Å². The van der Waals surface area contributed by atoms with Gasteiger partial charge in [-0.1, -0.05) is 29.8 Å². The second-order valence-corrected chi connectivity index (χ2v) is 8.00. The Balaban J connectivity index is 1.74. The molecule has 0 fully saturated rings. The van der Waals surface area contributed by atoms with Crippen LogP contribution in [0.3, 0.4) is 0 Å². The number of sulfonamides is 1. The maximum atomic E-state index is 12.0. The Kier molecular flexibility index (Phi) is 7.74. The standard InChI is InChI=1S/C20H24N2O6S/c1-14-3-8-18(27-2)16(11-14)12-20(24)28-13-19(23)22-10-9-15-4-6-17(7-5-15)29(21,25)26/h3-8,11H,9-10,12-13H2,1-2H3,(H,22,23)(H2,21,25,26). The minimum Gasteiger partial charge on any atom is -0.496 e. The molecule has 3 N–H and O–H groups in total. The number of ether oxygens (including phenoxy) is 2. The van der Waals surface area contributed by atoms with Crippen LogP contribution in [0.1, 0.15) is 16.7 Å². The molecule has 2 aromatic carbocycles. The highest BCUT2D eigenvalue weighted by Crippen LogP contribution is 2.20. The molecule has 1 amide bonds. The normalized spacial score (nSPS) is 11.0. The van der Waals surface area contributed by atoms with E-state index in [1.54, 1.807) is 18.2 Å². The van der Waals surface area contributed by atoms with E-state index < -0.39 is 21.9 Å². The average Bonchev–Trinajstić information content (AvgIpc) is 2.66. The van der Waals surface area contributed by atoms with E-state index in [0.717, 1.165) is 11.1 Å². The Hall–Kier alpha value is -2.91. The SMILES string of the molecule is COc1ccc(C)cc1CC(=O)OCC(=O)NCCc1ccc(S(N)(=O)=O)cc1. The summed E-state index contributed by atoms with van der Waals surface area (Å²) in [6.07, 6.45) is 0.500. The number of amides is 1. The van der Waals surface area contributed by atoms with Gasteiger partial charge >= 0.3 is 5.97 Å². The van der Waals surface area contributed by atoms with Gasteiger partial charge in [0.1, 0.15) is 5.75 Å². The summed E-state index contributed by atoms with van der Waals surface area (Å²) < 4.78 is 32.7. The van der Waals surface area contributed by atoms with Gasteiger partial charge in [0.05, 0.1) is 18.4 Å². The summed E-state index contributed by atoms with van der Waals surface area (Å²) in [5.41, 5.74) is 2.52. The zero-order valence-corrected chi connectivity index (χ0v) is 17.1. The quantitative estimate of drug-likeness (QED) is 0.585. The zero-order valence-electron chi connectivity index (χ0n) is 16.3. The second-order valence-electron chi connectivity index (χ2n) is 6.44. The number of nitrogens with one attached hydrogen (secondary N) is 1. The molecule has 0 aliphatic rings. The molecule has 29 heavy (non-hydrogen) atoms. The number of esters is 1. The first-order chi connectivity index (χ1) is 13.7. The summed E-state index contributed by atoms with van der Waals surface area (Å²) in [4.78, 5) is 23.9. The fourth-order valence-corrected chi connectivity index (χ4v) is 3.16. The van der Waals surface area contributed by atoms with E-state index in [2.05, 4.69) is 5.32 Å². The number of primary sulfonamides is 1. The van der Waals surface area contributed by atoms with Crippen LogP contribution in [0.4, 0.5) is 0 Å². The van der Waals surface area contributed by atoms with Crippen LogP contribution in [0.15, 0.2) is 47.4 Å². The Morgan fingerprint density at radius 2 is 1.79 bits per heavy atom. The van der Waals surface area contributed by atoms with Crippen LogP contribution in [0.2, 0.25) is 0 Å². The molecule has 0 aromatic heterocycles. The van der Waals surface area contributed by atoms with Crippen molar-refractivity contribution in [3.05, 3.63) is 59.2 Å². The molecule has 0 saturated carbocycles. The Bertz CT molecular complexity index is 971. The molecule has 156 valence electrons. The molecule has 2 rings (SSSR count). The third-order valence-corrected chi connectivity index (χ3v) is 5.05. The Morgan fingerprint density at radius 1 is 1.10 bits per heavy atom. The van der Waals surface area contributed by atoms with Crippen LogP contribution < -0.4 is 15.2 Å². The molecule has 0 saturated heterocycles. The van der Waals surface area contributed by atoms with E-state index in [4.69, 9.17) is 14.6 Å². The van der Waals surface area contributed by atoms with E-state index >= 15 is 0 Å². The lowest BCUT2D eigenvalue weighted by Gasteiger charge is -2.10. The third-order valence-electron chi connectivity index (χ3n) is 4.12. The molecule has 8 nitrogen and oxygen atoms in total. The summed E-state index contributed by atoms with van der Waals surface area (Å²) in [6, 6.07) is 11.6. The van der Waals surface area contributed by atoms with Crippen molar-refractivity contribution in [1.82, 2.24) is 5.32 Å². The van der Waals surface area contributed by atoms with E-state index in [-0.39, 0.29) is 17.9 Å². The Morgan fingerprint density at radius 3 is 2.41 bits per heavy atom. The highest BCUT2D eigenvalue weighted by molar-refractivity contribution is 7.89. The summed E-state index contributed by atoms with van der Waals surface area (Å²) in [5, 5.41) is 7.69. The van der Waals surface area contributed by atoms with Crippen molar-refractivity contribution in [2.45, 2.75) is 24.7 Å². The molecule has 9 heteroatoms. The average molecular weight is 420 g/mol. The summed E-state index contributed by atoms with van der Waals surface area (Å²) in [7, 11) is -2.20. The number of carbonyl (C=O) groups excluding carboxylic acids is 2. The van der Waals surface area contributed by atoms with E-state index in [1.165, 1.54) is 19.2 Å². The van der Waals surface area contributed by atoms with Gasteiger partial charge in [-0.3, -0.25) is 9.59 Å². The predicted octanol–water partition coefficient (Wildman–Crippen LogP) is 1.10. The van der Waals surface area contributed by atoms with E-state index in [9.17, 15) is 18.0 Å². The molecule has 0 spiro atoms. The monoisotopic (exact) mass is 420 g/mol. The van der Waals surface area contributed by atoms with Crippen LogP contribution in [0.5, 0.6) is 5.75 Å². The van der Waals surface area contributed by atoms with Gasteiger partial charge in [0, 0.05) is 12.1 Å². The van der Waals surface area contributed by atoms with Crippen molar-refractivity contribution < 1.29 is 27.5 Å². The van der Waals surface area contributed by atoms with Gasteiger partial charge in [-0.15, -0.1) is 0 Å². The summed E-state index contributed by atoms with van der Waals surface area (Å²) in [5.74, 6) is -0.358. The van der Waals surface area contributed by atoms with Crippen molar-refractivity contribution in [2.75, 3.05) is 20.3 Å². The number of hydrogen-bond acceptors (Lipinski definition) is 6. The maximum Gasteiger partial charge on any atom is 0.310 e. The minimum atomic E-state index is -3.72. The highest BCUT2D eigenvalue weighted by atomic mass is 32.2. The first kappa shape index (κ1) is 22.4. The Labute approximate surface area is 170 Å². The number of hydrogen-bond donors (Lipinski definition) is 2. The molecule has 0 atom stereocenters. The van der Waals surface area contributed by atoms with Gasteiger partial charge in [0.15, 0.2) is 6.61 Å². The minimum absolute atomic E-state index is 0.00847. The van der Waals surface area contributed by atoms with Gasteiger partial charge in [-0.05, 0) is 37.1 Å². The van der Waals surface area contributed by atoms with Crippen LogP contribution in [-0.2, 0) is 37.2 Å². The molecular weight excluding hydrogens is 396 g/mol. The molecule has 0 radical (unpaired) electrons. The fourth-order valence-electron chi connectivity index (χ4n) is 2.64. The van der Waals surface area contributed by atoms with Gasteiger partial charge in [-0.25, -0.2) is 13.6 Å². The molecule has 2 aromatic rings. The predicted molar refractivity (Wildman–Crippen MR) is 107 cm³/mol. The topological polar surface area (TPSA) is 125 Å². The van der Waals surface area contributed by atoms with Crippen molar-refractivity contribution in [3.63, 3.8) is 0 Å². The summed E-state index contributed by atoms with van der Waals surface area (Å²) >= 11 is 0. The van der Waals surface area contributed by atoms with Gasteiger partial charge < -0.3 is 14.8 Å². The number of aryl methyl sites for hydroxylation is 1. The molecule has 0 aliphatic heterocycles. The fraction of sp³-hybridized carbons (Fsp3) is 0.300.